The van der Waals surface area contributed by atoms with Crippen LogP contribution in [-0.4, -0.2) is 71.7 Å². The van der Waals surface area contributed by atoms with E-state index in [1.165, 1.54) is 19.4 Å². The van der Waals surface area contributed by atoms with E-state index >= 15 is 0 Å². The van der Waals surface area contributed by atoms with Gasteiger partial charge in [0.25, 0.3) is 0 Å². The fourth-order valence-corrected chi connectivity index (χ4v) is 3.25. The molecule has 0 bridgehead atoms. The Morgan fingerprint density at radius 1 is 1.42 bits per heavy atom. The van der Waals surface area contributed by atoms with E-state index in [1.807, 2.05) is 6.92 Å². The summed E-state index contributed by atoms with van der Waals surface area (Å²) in [5.41, 5.74) is -0.823. The van der Waals surface area contributed by atoms with Crippen LogP contribution in [0.4, 0.5) is 0 Å². The number of hydrogen-bond acceptors (Lipinski definition) is 4. The molecule has 2 saturated heterocycles. The molecule has 2 N–H and O–H groups in total. The molecule has 0 radical (unpaired) electrons. The molecule has 2 atom stereocenters. The number of carboxylic acid groups (broad SMARTS) is 1. The average molecular weight is 269 g/mol. The number of fused-ring (bicyclic) bond motifs is 1. The lowest BCUT2D eigenvalue weighted by atomic mass is 10.00. The molecule has 0 spiro atoms. The van der Waals surface area contributed by atoms with Gasteiger partial charge in [0.1, 0.15) is 5.54 Å². The Kier molecular flexibility index (Phi) is 4.81. The molecule has 0 amide bonds. The van der Waals surface area contributed by atoms with E-state index in [1.54, 1.807) is 0 Å². The summed E-state index contributed by atoms with van der Waals surface area (Å²) in [7, 11) is 0. The normalized spacial score (nSPS) is 28.0. The first kappa shape index (κ1) is 14.8. The van der Waals surface area contributed by atoms with Crippen molar-refractivity contribution < 1.29 is 9.90 Å². The minimum Gasteiger partial charge on any atom is -0.480 e. The Labute approximate surface area is 115 Å². The van der Waals surface area contributed by atoms with E-state index in [9.17, 15) is 9.90 Å². The van der Waals surface area contributed by atoms with Crippen LogP contribution in [0.2, 0.25) is 0 Å². The minimum atomic E-state index is -0.823. The summed E-state index contributed by atoms with van der Waals surface area (Å²) in [6.45, 7) is 9.57. The molecule has 5 nitrogen and oxygen atoms in total. The lowest BCUT2D eigenvalue weighted by Crippen LogP contribution is -2.60. The zero-order valence-electron chi connectivity index (χ0n) is 12.2. The van der Waals surface area contributed by atoms with Gasteiger partial charge in [-0.15, -0.1) is 0 Å². The molecule has 2 fully saturated rings. The molecule has 2 unspecified atom stereocenters. The lowest BCUT2D eigenvalue weighted by Gasteiger charge is -2.41. The summed E-state index contributed by atoms with van der Waals surface area (Å²) in [5.74, 6) is -0.741. The quantitative estimate of drug-likeness (QED) is 0.740. The smallest absolute Gasteiger partial charge is 0.324 e. The number of aliphatic carboxylic acids is 1. The van der Waals surface area contributed by atoms with Crippen LogP contribution in [0.5, 0.6) is 0 Å². The van der Waals surface area contributed by atoms with Gasteiger partial charge in [0.15, 0.2) is 0 Å². The molecule has 2 aliphatic heterocycles. The van der Waals surface area contributed by atoms with Gasteiger partial charge < -0.3 is 10.4 Å². The summed E-state index contributed by atoms with van der Waals surface area (Å²) in [4.78, 5) is 16.4. The summed E-state index contributed by atoms with van der Waals surface area (Å²) in [6.07, 6.45) is 3.52. The predicted octanol–water partition coefficient (Wildman–Crippen LogP) is 0.609. The summed E-state index contributed by atoms with van der Waals surface area (Å²) >= 11 is 0. The molecule has 5 heteroatoms. The van der Waals surface area contributed by atoms with Crippen molar-refractivity contribution in [3.63, 3.8) is 0 Å². The van der Waals surface area contributed by atoms with Crippen LogP contribution < -0.4 is 5.32 Å². The van der Waals surface area contributed by atoms with Crippen LogP contribution in [0.3, 0.4) is 0 Å². The molecule has 0 aromatic carbocycles. The number of nitrogens with zero attached hydrogens (tertiary/aromatic N) is 2. The van der Waals surface area contributed by atoms with E-state index < -0.39 is 11.5 Å². The summed E-state index contributed by atoms with van der Waals surface area (Å²) < 4.78 is 0. The zero-order chi connectivity index (χ0) is 13.9. The standard InChI is InChI=1S/C14H27N3O2/c1-3-6-15-14(2,13(18)19)11-16-8-9-17-7-4-5-12(17)10-16/h12,15H,3-11H2,1-2H3,(H,18,19). The maximum Gasteiger partial charge on any atom is 0.324 e. The second-order valence-corrected chi connectivity index (χ2v) is 6.13. The van der Waals surface area contributed by atoms with E-state index in [0.717, 1.165) is 32.6 Å². The van der Waals surface area contributed by atoms with E-state index in [4.69, 9.17) is 0 Å². The second kappa shape index (κ2) is 6.20. The van der Waals surface area contributed by atoms with Gasteiger partial charge in [-0.3, -0.25) is 14.6 Å². The maximum absolute atomic E-state index is 11.5. The van der Waals surface area contributed by atoms with Crippen LogP contribution in [0.1, 0.15) is 33.1 Å². The fourth-order valence-electron chi connectivity index (χ4n) is 3.25. The van der Waals surface area contributed by atoms with Gasteiger partial charge >= 0.3 is 5.97 Å². The van der Waals surface area contributed by atoms with E-state index in [2.05, 4.69) is 22.0 Å². The highest BCUT2D eigenvalue weighted by Gasteiger charge is 2.38. The predicted molar refractivity (Wildman–Crippen MR) is 75.4 cm³/mol. The SMILES string of the molecule is CCCNC(C)(CN1CCN2CCCC2C1)C(=O)O. The van der Waals surface area contributed by atoms with E-state index in [0.29, 0.717) is 12.6 Å². The molecule has 110 valence electrons. The number of nitrogens with one attached hydrogen (secondary N) is 1. The van der Waals surface area contributed by atoms with E-state index in [-0.39, 0.29) is 0 Å². The molecule has 0 saturated carbocycles. The topological polar surface area (TPSA) is 55.8 Å². The highest BCUT2D eigenvalue weighted by Crippen LogP contribution is 2.22. The van der Waals surface area contributed by atoms with Crippen molar-refractivity contribution in [1.82, 2.24) is 15.1 Å². The Morgan fingerprint density at radius 2 is 2.21 bits per heavy atom. The first-order valence-corrected chi connectivity index (χ1v) is 7.50. The number of carboxylic acids is 1. The van der Waals surface area contributed by atoms with Gasteiger partial charge in [0.2, 0.25) is 0 Å². The molecule has 0 aromatic rings. The van der Waals surface area contributed by atoms with Crippen molar-refractivity contribution in [2.45, 2.75) is 44.7 Å². The van der Waals surface area contributed by atoms with Gasteiger partial charge in [-0.1, -0.05) is 6.92 Å². The first-order chi connectivity index (χ1) is 9.05. The van der Waals surface area contributed by atoms with Crippen LogP contribution in [-0.2, 0) is 4.79 Å². The Morgan fingerprint density at radius 3 is 2.89 bits per heavy atom. The van der Waals surface area contributed by atoms with Gasteiger partial charge in [0.05, 0.1) is 0 Å². The first-order valence-electron chi connectivity index (χ1n) is 7.50. The van der Waals surface area contributed by atoms with Crippen LogP contribution >= 0.6 is 0 Å². The van der Waals surface area contributed by atoms with Crippen LogP contribution in [0.25, 0.3) is 0 Å². The number of rotatable bonds is 6. The second-order valence-electron chi connectivity index (χ2n) is 6.13. The monoisotopic (exact) mass is 269 g/mol. The molecular formula is C14H27N3O2. The highest BCUT2D eigenvalue weighted by atomic mass is 16.4. The van der Waals surface area contributed by atoms with Gasteiger partial charge in [-0.05, 0) is 39.3 Å². The molecule has 0 aromatic heterocycles. The third-order valence-corrected chi connectivity index (χ3v) is 4.45. The summed E-state index contributed by atoms with van der Waals surface area (Å²) in [5, 5.41) is 12.7. The van der Waals surface area contributed by atoms with Crippen molar-refractivity contribution in [2.24, 2.45) is 0 Å². The van der Waals surface area contributed by atoms with Crippen LogP contribution in [0, 0.1) is 0 Å². The molecular weight excluding hydrogens is 242 g/mol. The summed E-state index contributed by atoms with van der Waals surface area (Å²) in [6, 6.07) is 0.651. The zero-order valence-corrected chi connectivity index (χ0v) is 12.2. The van der Waals surface area contributed by atoms with Gasteiger partial charge in [-0.2, -0.15) is 0 Å². The maximum atomic E-state index is 11.5. The number of piperazine rings is 1. The third-order valence-electron chi connectivity index (χ3n) is 4.45. The Hall–Kier alpha value is -0.650. The van der Waals surface area contributed by atoms with Gasteiger partial charge in [-0.25, -0.2) is 0 Å². The minimum absolute atomic E-state index is 0.604. The van der Waals surface area contributed by atoms with Crippen molar-refractivity contribution in [1.29, 1.82) is 0 Å². The molecule has 2 rings (SSSR count). The van der Waals surface area contributed by atoms with Gasteiger partial charge in [0, 0.05) is 32.2 Å². The average Bonchev–Trinajstić information content (AvgIpc) is 2.83. The molecule has 0 aliphatic carbocycles. The van der Waals surface area contributed by atoms with Crippen molar-refractivity contribution in [3.05, 3.63) is 0 Å². The third kappa shape index (κ3) is 3.46. The van der Waals surface area contributed by atoms with Crippen molar-refractivity contribution in [3.8, 4) is 0 Å². The number of hydrogen-bond donors (Lipinski definition) is 2. The Balaban J connectivity index is 1.92. The molecule has 2 heterocycles. The Bertz CT molecular complexity index is 324. The number of carbonyl (C=O) groups is 1. The van der Waals surface area contributed by atoms with Crippen LogP contribution in [0.15, 0.2) is 0 Å². The fraction of sp³-hybridized carbons (Fsp3) is 0.929. The van der Waals surface area contributed by atoms with Crippen molar-refractivity contribution >= 4 is 5.97 Å². The lowest BCUT2D eigenvalue weighted by molar-refractivity contribution is -0.145. The highest BCUT2D eigenvalue weighted by molar-refractivity contribution is 5.78. The largest absolute Gasteiger partial charge is 0.480 e. The molecule has 2 aliphatic rings. The molecule has 19 heavy (non-hydrogen) atoms. The van der Waals surface area contributed by atoms with Crippen molar-refractivity contribution in [2.75, 3.05) is 39.3 Å².